The number of amidine groups is 1. The van der Waals surface area contributed by atoms with Gasteiger partial charge >= 0.3 is 0 Å². The minimum Gasteiger partial charge on any atom is -0.463 e. The molecule has 74 valence electrons. The summed E-state index contributed by atoms with van der Waals surface area (Å²) in [4.78, 5) is 4.21. The fraction of sp³-hybridized carbons (Fsp3) is 0.364. The van der Waals surface area contributed by atoms with Crippen LogP contribution in [-0.4, -0.2) is 12.6 Å². The zero-order valence-electron chi connectivity index (χ0n) is 8.45. The van der Waals surface area contributed by atoms with E-state index in [1.807, 2.05) is 0 Å². The smallest absolute Gasteiger partial charge is 0.282 e. The summed E-state index contributed by atoms with van der Waals surface area (Å²) in [6, 6.07) is 6.78. The third kappa shape index (κ3) is 1.71. The summed E-state index contributed by atoms with van der Waals surface area (Å²) in [5.74, 6) is 0. The van der Waals surface area contributed by atoms with Gasteiger partial charge in [-0.25, -0.2) is 4.99 Å². The van der Waals surface area contributed by atoms with Crippen molar-refractivity contribution in [3.8, 4) is 0 Å². The fourth-order valence-electron chi connectivity index (χ4n) is 1.77. The summed E-state index contributed by atoms with van der Waals surface area (Å²) >= 11 is 0. The van der Waals surface area contributed by atoms with Gasteiger partial charge in [0.2, 0.25) is 0 Å². The largest absolute Gasteiger partial charge is 0.463 e. The minimum absolute atomic E-state index is 0.0774. The maximum Gasteiger partial charge on any atom is 0.282 e. The maximum absolute atomic E-state index is 5.47. The lowest BCUT2D eigenvalue weighted by Crippen LogP contribution is -2.10. The van der Waals surface area contributed by atoms with E-state index >= 15 is 0 Å². The van der Waals surface area contributed by atoms with E-state index in [0.717, 1.165) is 0 Å². The molecule has 1 aliphatic heterocycles. The van der Waals surface area contributed by atoms with E-state index in [9.17, 15) is 0 Å². The molecule has 0 radical (unpaired) electrons. The molecule has 1 aromatic carbocycles. The van der Waals surface area contributed by atoms with E-state index < -0.39 is 0 Å². The Bertz CT molecular complexity index is 365. The lowest BCUT2D eigenvalue weighted by Gasteiger charge is -2.07. The summed E-state index contributed by atoms with van der Waals surface area (Å²) in [6.07, 6.45) is 0. The van der Waals surface area contributed by atoms with Crippen LogP contribution in [0.1, 0.15) is 22.7 Å². The molecule has 0 spiro atoms. The first kappa shape index (κ1) is 9.06. The van der Waals surface area contributed by atoms with Gasteiger partial charge in [0.1, 0.15) is 12.6 Å². The number of aliphatic imine (C=N–C) groups is 1. The predicted octanol–water partition coefficient (Wildman–Crippen LogP) is 1.69. The molecule has 0 fully saturated rings. The average molecular weight is 190 g/mol. The maximum atomic E-state index is 5.47. The van der Waals surface area contributed by atoms with Crippen molar-refractivity contribution in [1.29, 1.82) is 0 Å². The van der Waals surface area contributed by atoms with Crippen LogP contribution in [0.2, 0.25) is 0 Å². The van der Waals surface area contributed by atoms with Gasteiger partial charge in [0.05, 0.1) is 0 Å². The Morgan fingerprint density at radius 2 is 1.93 bits per heavy atom. The molecule has 0 amide bonds. The highest BCUT2D eigenvalue weighted by Crippen LogP contribution is 2.23. The van der Waals surface area contributed by atoms with Crippen LogP contribution in [0.15, 0.2) is 23.2 Å². The summed E-state index contributed by atoms with van der Waals surface area (Å²) in [6.45, 7) is 4.73. The second-order valence-electron chi connectivity index (χ2n) is 3.72. The molecule has 3 heteroatoms. The number of nitrogens with zero attached hydrogens (tertiary/aromatic N) is 1. The lowest BCUT2D eigenvalue weighted by molar-refractivity contribution is 0.315. The van der Waals surface area contributed by atoms with Gasteiger partial charge in [-0.1, -0.05) is 29.3 Å². The summed E-state index contributed by atoms with van der Waals surface area (Å²) < 4.78 is 5.13. The van der Waals surface area contributed by atoms with Crippen LogP contribution in [0, 0.1) is 13.8 Å². The summed E-state index contributed by atoms with van der Waals surface area (Å²) in [7, 11) is 0. The van der Waals surface area contributed by atoms with Gasteiger partial charge in [-0.3, -0.25) is 0 Å². The number of rotatable bonds is 1. The highest BCUT2D eigenvalue weighted by atomic mass is 16.5. The topological polar surface area (TPSA) is 47.6 Å². The van der Waals surface area contributed by atoms with E-state index in [4.69, 9.17) is 10.5 Å². The molecule has 1 aliphatic rings. The van der Waals surface area contributed by atoms with E-state index in [1.165, 1.54) is 16.7 Å². The van der Waals surface area contributed by atoms with Crippen LogP contribution >= 0.6 is 0 Å². The van der Waals surface area contributed by atoms with Gasteiger partial charge < -0.3 is 10.5 Å². The van der Waals surface area contributed by atoms with Crippen LogP contribution in [0.3, 0.4) is 0 Å². The summed E-state index contributed by atoms with van der Waals surface area (Å²) in [5.41, 5.74) is 9.15. The molecule has 14 heavy (non-hydrogen) atoms. The van der Waals surface area contributed by atoms with Crippen molar-refractivity contribution in [2.24, 2.45) is 10.7 Å². The Kier molecular flexibility index (Phi) is 2.15. The zero-order valence-corrected chi connectivity index (χ0v) is 8.45. The van der Waals surface area contributed by atoms with Crippen molar-refractivity contribution >= 4 is 6.02 Å². The van der Waals surface area contributed by atoms with Gasteiger partial charge in [0.25, 0.3) is 6.02 Å². The molecule has 0 saturated carbocycles. The molecule has 2 rings (SSSR count). The molecule has 0 aromatic heterocycles. The first-order valence-corrected chi connectivity index (χ1v) is 4.69. The number of ether oxygens (including phenoxy) is 1. The quantitative estimate of drug-likeness (QED) is 0.732. The number of hydrogen-bond acceptors (Lipinski definition) is 3. The van der Waals surface area contributed by atoms with Crippen molar-refractivity contribution in [3.63, 3.8) is 0 Å². The van der Waals surface area contributed by atoms with Gasteiger partial charge in [-0.15, -0.1) is 0 Å². The van der Waals surface area contributed by atoms with Crippen LogP contribution in [-0.2, 0) is 4.74 Å². The summed E-state index contributed by atoms with van der Waals surface area (Å²) in [5, 5.41) is 0. The SMILES string of the molecule is Cc1cc(C)cc(C2COC(N)=N2)c1. The number of hydrogen-bond donors (Lipinski definition) is 1. The Morgan fingerprint density at radius 1 is 1.29 bits per heavy atom. The van der Waals surface area contributed by atoms with E-state index in [0.29, 0.717) is 12.6 Å². The number of aryl methyl sites for hydroxylation is 2. The molecule has 2 N–H and O–H groups in total. The highest BCUT2D eigenvalue weighted by molar-refractivity contribution is 5.73. The Hall–Kier alpha value is -1.51. The van der Waals surface area contributed by atoms with Gasteiger partial charge in [-0.2, -0.15) is 0 Å². The van der Waals surface area contributed by atoms with Crippen molar-refractivity contribution in [2.45, 2.75) is 19.9 Å². The highest BCUT2D eigenvalue weighted by Gasteiger charge is 2.18. The van der Waals surface area contributed by atoms with E-state index in [-0.39, 0.29) is 6.04 Å². The molecule has 0 saturated heterocycles. The molecule has 0 bridgehead atoms. The van der Waals surface area contributed by atoms with Crippen LogP contribution in [0.5, 0.6) is 0 Å². The molecule has 0 aliphatic carbocycles. The second kappa shape index (κ2) is 3.33. The molecule has 3 nitrogen and oxygen atoms in total. The first-order chi connectivity index (χ1) is 6.65. The number of nitrogens with two attached hydrogens (primary N) is 1. The molecule has 1 aromatic rings. The third-order valence-corrected chi connectivity index (χ3v) is 2.30. The van der Waals surface area contributed by atoms with Crippen LogP contribution < -0.4 is 5.73 Å². The van der Waals surface area contributed by atoms with Crippen molar-refractivity contribution < 1.29 is 4.74 Å². The zero-order chi connectivity index (χ0) is 10.1. The van der Waals surface area contributed by atoms with Gasteiger partial charge in [0, 0.05) is 0 Å². The second-order valence-corrected chi connectivity index (χ2v) is 3.72. The molecule has 1 unspecified atom stereocenters. The van der Waals surface area contributed by atoms with Crippen molar-refractivity contribution in [3.05, 3.63) is 34.9 Å². The van der Waals surface area contributed by atoms with Crippen molar-refractivity contribution in [1.82, 2.24) is 0 Å². The van der Waals surface area contributed by atoms with Crippen LogP contribution in [0.25, 0.3) is 0 Å². The van der Waals surface area contributed by atoms with E-state index in [1.54, 1.807) is 0 Å². The third-order valence-electron chi connectivity index (χ3n) is 2.30. The van der Waals surface area contributed by atoms with Crippen molar-refractivity contribution in [2.75, 3.05) is 6.61 Å². The Balaban J connectivity index is 2.32. The average Bonchev–Trinajstić information content (AvgIpc) is 2.50. The Morgan fingerprint density at radius 3 is 2.43 bits per heavy atom. The van der Waals surface area contributed by atoms with Crippen LogP contribution in [0.4, 0.5) is 0 Å². The lowest BCUT2D eigenvalue weighted by atomic mass is 10.0. The molecule has 1 heterocycles. The molecular weight excluding hydrogens is 176 g/mol. The molecular formula is C11H14N2O. The van der Waals surface area contributed by atoms with Gasteiger partial charge in [0.15, 0.2) is 0 Å². The monoisotopic (exact) mass is 190 g/mol. The fourth-order valence-corrected chi connectivity index (χ4v) is 1.77. The molecule has 1 atom stereocenters. The normalized spacial score (nSPS) is 20.4. The van der Waals surface area contributed by atoms with Gasteiger partial charge in [-0.05, 0) is 19.4 Å². The standard InChI is InChI=1S/C11H14N2O/c1-7-3-8(2)5-9(4-7)10-6-14-11(12)13-10/h3-5,10H,6H2,1-2H3,(H2,12,13). The van der Waals surface area contributed by atoms with E-state index in [2.05, 4.69) is 37.0 Å². The Labute approximate surface area is 83.6 Å². The predicted molar refractivity (Wildman–Crippen MR) is 56.2 cm³/mol. The minimum atomic E-state index is 0.0774. The number of benzene rings is 1. The first-order valence-electron chi connectivity index (χ1n) is 4.69.